The van der Waals surface area contributed by atoms with Crippen molar-refractivity contribution in [1.29, 1.82) is 0 Å². The minimum Gasteiger partial charge on any atom is -0.494 e. The zero-order chi connectivity index (χ0) is 23.8. The number of methoxy groups -OCH3 is 1. The van der Waals surface area contributed by atoms with Gasteiger partial charge in [0.25, 0.3) is 5.91 Å². The van der Waals surface area contributed by atoms with Crippen molar-refractivity contribution in [2.45, 2.75) is 6.92 Å². The number of halogens is 2. The number of hydrogen-bond acceptors (Lipinski definition) is 6. The molecule has 33 heavy (non-hydrogen) atoms. The van der Waals surface area contributed by atoms with Gasteiger partial charge in [0.1, 0.15) is 5.75 Å². The highest BCUT2D eigenvalue weighted by atomic mass is 35.5. The minimum absolute atomic E-state index is 0.172. The predicted octanol–water partition coefficient (Wildman–Crippen LogP) is 5.38. The molecule has 0 atom stereocenters. The van der Waals surface area contributed by atoms with Crippen LogP contribution in [-0.2, 0) is 0 Å². The number of carbonyl (C=O) groups excluding carboxylic acids is 2. The lowest BCUT2D eigenvalue weighted by Gasteiger charge is -2.10. The molecule has 7 nitrogen and oxygen atoms in total. The quantitative estimate of drug-likeness (QED) is 0.200. The molecule has 0 aliphatic carbocycles. The lowest BCUT2D eigenvalue weighted by atomic mass is 10.2. The van der Waals surface area contributed by atoms with Crippen molar-refractivity contribution in [2.24, 2.45) is 5.10 Å². The Kier molecular flexibility index (Phi) is 8.29. The molecule has 0 saturated carbocycles. The summed E-state index contributed by atoms with van der Waals surface area (Å²) in [5.41, 5.74) is 3.68. The van der Waals surface area contributed by atoms with Crippen LogP contribution in [0.5, 0.6) is 17.2 Å². The van der Waals surface area contributed by atoms with Gasteiger partial charge < -0.3 is 14.2 Å². The molecule has 0 aliphatic heterocycles. The van der Waals surface area contributed by atoms with E-state index < -0.39 is 5.97 Å². The molecule has 3 aromatic carbocycles. The van der Waals surface area contributed by atoms with Crippen molar-refractivity contribution in [1.82, 2.24) is 5.43 Å². The summed E-state index contributed by atoms with van der Waals surface area (Å²) in [6, 6.07) is 16.0. The zero-order valence-electron chi connectivity index (χ0n) is 17.8. The van der Waals surface area contributed by atoms with Crippen LogP contribution in [0.1, 0.15) is 33.2 Å². The van der Waals surface area contributed by atoms with Gasteiger partial charge in [0, 0.05) is 10.6 Å². The number of esters is 1. The fourth-order valence-electron chi connectivity index (χ4n) is 2.76. The van der Waals surface area contributed by atoms with Gasteiger partial charge in [-0.05, 0) is 73.2 Å². The van der Waals surface area contributed by atoms with Crippen LogP contribution in [0.15, 0.2) is 65.8 Å². The van der Waals surface area contributed by atoms with Gasteiger partial charge in [-0.15, -0.1) is 0 Å². The third kappa shape index (κ3) is 6.47. The second-order valence-corrected chi connectivity index (χ2v) is 7.42. The summed E-state index contributed by atoms with van der Waals surface area (Å²) >= 11 is 11.9. The molecule has 0 fully saturated rings. The molecular formula is C24H20Cl2N2O5. The Morgan fingerprint density at radius 2 is 1.76 bits per heavy atom. The van der Waals surface area contributed by atoms with E-state index in [2.05, 4.69) is 10.5 Å². The predicted molar refractivity (Wildman–Crippen MR) is 127 cm³/mol. The van der Waals surface area contributed by atoms with Crippen molar-refractivity contribution < 1.29 is 23.8 Å². The molecule has 0 heterocycles. The first-order valence-corrected chi connectivity index (χ1v) is 10.6. The Bertz CT molecular complexity index is 1180. The van der Waals surface area contributed by atoms with Crippen LogP contribution in [0.25, 0.3) is 0 Å². The number of hydrazone groups is 1. The zero-order valence-corrected chi connectivity index (χ0v) is 19.3. The standard InChI is InChI=1S/C24H20Cl2N2O5/c1-3-32-18-8-5-16(6-9-18)23(29)28-27-14-15-4-11-21(22(12-15)31-2)33-24(30)19-10-7-17(25)13-20(19)26/h4-14H,3H2,1-2H3,(H,28,29)/b27-14-. The second-order valence-electron chi connectivity index (χ2n) is 6.58. The Morgan fingerprint density at radius 1 is 1.00 bits per heavy atom. The second kappa shape index (κ2) is 11.4. The molecule has 0 bridgehead atoms. The molecule has 9 heteroatoms. The number of nitrogens with one attached hydrogen (secondary N) is 1. The molecule has 3 aromatic rings. The Balaban J connectivity index is 1.65. The molecular weight excluding hydrogens is 467 g/mol. The van der Waals surface area contributed by atoms with Crippen LogP contribution < -0.4 is 19.6 Å². The molecule has 1 amide bonds. The molecule has 0 radical (unpaired) electrons. The van der Waals surface area contributed by atoms with E-state index >= 15 is 0 Å². The maximum atomic E-state index is 12.5. The van der Waals surface area contributed by atoms with E-state index in [4.69, 9.17) is 37.4 Å². The van der Waals surface area contributed by atoms with Crippen molar-refractivity contribution in [2.75, 3.05) is 13.7 Å². The normalized spacial score (nSPS) is 10.7. The molecule has 0 spiro atoms. The number of hydrogen-bond donors (Lipinski definition) is 1. The number of rotatable bonds is 8. The maximum Gasteiger partial charge on any atom is 0.345 e. The van der Waals surface area contributed by atoms with Crippen molar-refractivity contribution in [3.05, 3.63) is 87.4 Å². The molecule has 170 valence electrons. The first-order chi connectivity index (χ1) is 15.9. The lowest BCUT2D eigenvalue weighted by molar-refractivity contribution is 0.0729. The Hall–Kier alpha value is -3.55. The van der Waals surface area contributed by atoms with E-state index in [9.17, 15) is 9.59 Å². The van der Waals surface area contributed by atoms with E-state index in [0.29, 0.717) is 34.3 Å². The summed E-state index contributed by atoms with van der Waals surface area (Å²) in [4.78, 5) is 24.7. The van der Waals surface area contributed by atoms with Gasteiger partial charge in [0.05, 0.1) is 30.5 Å². The first-order valence-electron chi connectivity index (χ1n) is 9.82. The average Bonchev–Trinajstić information content (AvgIpc) is 2.80. The molecule has 0 aliphatic rings. The van der Waals surface area contributed by atoms with Gasteiger partial charge in [-0.25, -0.2) is 10.2 Å². The largest absolute Gasteiger partial charge is 0.494 e. The molecule has 0 saturated heterocycles. The summed E-state index contributed by atoms with van der Waals surface area (Å²) in [6.45, 7) is 2.43. The van der Waals surface area contributed by atoms with Crippen LogP contribution in [0.2, 0.25) is 10.0 Å². The lowest BCUT2D eigenvalue weighted by Crippen LogP contribution is -2.17. The molecule has 0 unspecified atom stereocenters. The highest BCUT2D eigenvalue weighted by Crippen LogP contribution is 2.30. The number of carbonyl (C=O) groups is 2. The van der Waals surface area contributed by atoms with Gasteiger partial charge in [-0.1, -0.05) is 23.2 Å². The summed E-state index contributed by atoms with van der Waals surface area (Å²) in [7, 11) is 1.44. The minimum atomic E-state index is -0.654. The van der Waals surface area contributed by atoms with E-state index in [1.54, 1.807) is 48.5 Å². The first kappa shape index (κ1) is 24.1. The number of nitrogens with zero attached hydrogens (tertiary/aromatic N) is 1. The Morgan fingerprint density at radius 3 is 2.42 bits per heavy atom. The van der Waals surface area contributed by atoms with E-state index in [1.165, 1.54) is 25.5 Å². The van der Waals surface area contributed by atoms with Crippen molar-refractivity contribution in [3.8, 4) is 17.2 Å². The van der Waals surface area contributed by atoms with Crippen molar-refractivity contribution >= 4 is 41.3 Å². The number of benzene rings is 3. The fourth-order valence-corrected chi connectivity index (χ4v) is 3.24. The third-order valence-electron chi connectivity index (χ3n) is 4.35. The SMILES string of the molecule is CCOc1ccc(C(=O)N/N=C\c2ccc(OC(=O)c3ccc(Cl)cc3Cl)c(OC)c2)cc1. The summed E-state index contributed by atoms with van der Waals surface area (Å²) in [6.07, 6.45) is 1.44. The topological polar surface area (TPSA) is 86.2 Å². The van der Waals surface area contributed by atoms with Gasteiger partial charge >= 0.3 is 5.97 Å². The Labute approximate surface area is 200 Å². The van der Waals surface area contributed by atoms with Gasteiger partial charge in [0.15, 0.2) is 11.5 Å². The summed E-state index contributed by atoms with van der Waals surface area (Å²) < 4.78 is 16.1. The van der Waals surface area contributed by atoms with Crippen molar-refractivity contribution in [3.63, 3.8) is 0 Å². The molecule has 3 rings (SSSR count). The highest BCUT2D eigenvalue weighted by Gasteiger charge is 2.16. The monoisotopic (exact) mass is 486 g/mol. The van der Waals surface area contributed by atoms with Crippen LogP contribution in [-0.4, -0.2) is 31.8 Å². The van der Waals surface area contributed by atoms with Crippen LogP contribution in [0.4, 0.5) is 0 Å². The summed E-state index contributed by atoms with van der Waals surface area (Å²) in [5.74, 6) is 0.161. The van der Waals surface area contributed by atoms with Gasteiger partial charge in [-0.3, -0.25) is 4.79 Å². The molecule has 1 N–H and O–H groups in total. The number of amides is 1. The third-order valence-corrected chi connectivity index (χ3v) is 4.90. The van der Waals surface area contributed by atoms with Gasteiger partial charge in [0.2, 0.25) is 0 Å². The summed E-state index contributed by atoms with van der Waals surface area (Å²) in [5, 5.41) is 4.55. The van der Waals surface area contributed by atoms with Gasteiger partial charge in [-0.2, -0.15) is 5.10 Å². The van der Waals surface area contributed by atoms with E-state index in [1.807, 2.05) is 6.92 Å². The van der Waals surface area contributed by atoms with E-state index in [-0.39, 0.29) is 22.2 Å². The van der Waals surface area contributed by atoms with Crippen LogP contribution in [0, 0.1) is 0 Å². The van der Waals surface area contributed by atoms with Crippen LogP contribution in [0.3, 0.4) is 0 Å². The van der Waals surface area contributed by atoms with E-state index in [0.717, 1.165) is 0 Å². The smallest absolute Gasteiger partial charge is 0.345 e. The number of ether oxygens (including phenoxy) is 3. The fraction of sp³-hybridized carbons (Fsp3) is 0.125. The molecule has 0 aromatic heterocycles. The maximum absolute atomic E-state index is 12.5. The highest BCUT2D eigenvalue weighted by molar-refractivity contribution is 6.36. The average molecular weight is 487 g/mol. The van der Waals surface area contributed by atoms with Crippen LogP contribution >= 0.6 is 23.2 Å².